The molecule has 0 amide bonds. The third-order valence-corrected chi connectivity index (χ3v) is 5.97. The summed E-state index contributed by atoms with van der Waals surface area (Å²) < 4.78 is 0. The van der Waals surface area contributed by atoms with Crippen LogP contribution in [0.3, 0.4) is 0 Å². The van der Waals surface area contributed by atoms with E-state index in [0.29, 0.717) is 0 Å². The molecule has 3 heterocycles. The van der Waals surface area contributed by atoms with Crippen molar-refractivity contribution in [1.29, 1.82) is 0 Å². The first-order chi connectivity index (χ1) is 13.4. The average Bonchev–Trinajstić information content (AvgIpc) is 3.10. The van der Waals surface area contributed by atoms with Crippen molar-refractivity contribution in [2.24, 2.45) is 4.99 Å². The largest absolute Gasteiger partial charge is 0.353 e. The Morgan fingerprint density at radius 3 is 2.48 bits per heavy atom. The van der Waals surface area contributed by atoms with Crippen molar-refractivity contribution in [3.63, 3.8) is 0 Å². The lowest BCUT2D eigenvalue weighted by Gasteiger charge is -2.36. The number of rotatable bonds is 2. The second-order valence-electron chi connectivity index (χ2n) is 7.03. The summed E-state index contributed by atoms with van der Waals surface area (Å²) >= 11 is 1.73. The van der Waals surface area contributed by atoms with Crippen LogP contribution in [0.4, 0.5) is 17.1 Å². The fourth-order valence-electron chi connectivity index (χ4n) is 3.76. The van der Waals surface area contributed by atoms with E-state index < -0.39 is 0 Å². The van der Waals surface area contributed by atoms with Crippen LogP contribution in [-0.2, 0) is 6.54 Å². The lowest BCUT2D eigenvalue weighted by atomic mass is 10.2. The van der Waals surface area contributed by atoms with Gasteiger partial charge in [0.1, 0.15) is 5.84 Å². The van der Waals surface area contributed by atoms with Crippen LogP contribution < -0.4 is 5.32 Å². The monoisotopic (exact) mass is 374 g/mol. The highest BCUT2D eigenvalue weighted by atomic mass is 32.1. The number of aliphatic imine (C=N–C) groups is 1. The number of piperazine rings is 1. The predicted molar refractivity (Wildman–Crippen MR) is 114 cm³/mol. The summed E-state index contributed by atoms with van der Waals surface area (Å²) in [7, 11) is 0. The molecule has 2 aliphatic heterocycles. The minimum absolute atomic E-state index is 1.00. The summed E-state index contributed by atoms with van der Waals surface area (Å²) in [6, 6.07) is 19.0. The molecule has 0 saturated carbocycles. The van der Waals surface area contributed by atoms with Gasteiger partial charge in [-0.2, -0.15) is 0 Å². The number of amidine groups is 1. The normalized spacial score (nSPS) is 16.7. The van der Waals surface area contributed by atoms with E-state index in [4.69, 9.17) is 4.99 Å². The van der Waals surface area contributed by atoms with Crippen molar-refractivity contribution in [3.8, 4) is 0 Å². The third-order valence-electron chi connectivity index (χ3n) is 5.22. The van der Waals surface area contributed by atoms with Crippen molar-refractivity contribution in [1.82, 2.24) is 9.80 Å². The first-order valence-corrected chi connectivity index (χ1v) is 10.3. The van der Waals surface area contributed by atoms with Crippen molar-refractivity contribution < 1.29 is 0 Å². The molecule has 0 aliphatic carbocycles. The summed E-state index contributed by atoms with van der Waals surface area (Å²) in [5, 5.41) is 7.94. The van der Waals surface area contributed by atoms with Gasteiger partial charge in [-0.05, 0) is 17.7 Å². The van der Waals surface area contributed by atoms with Crippen molar-refractivity contribution in [3.05, 3.63) is 76.5 Å². The number of hydrogen-bond acceptors (Lipinski definition) is 5. The Kier molecular flexibility index (Phi) is 4.40. The van der Waals surface area contributed by atoms with Gasteiger partial charge in [0.25, 0.3) is 0 Å². The Morgan fingerprint density at radius 2 is 1.63 bits per heavy atom. The summed E-state index contributed by atoms with van der Waals surface area (Å²) in [5.41, 5.74) is 5.86. The Bertz CT molecular complexity index is 955. The molecule has 27 heavy (non-hydrogen) atoms. The van der Waals surface area contributed by atoms with Gasteiger partial charge in [0.15, 0.2) is 0 Å². The highest BCUT2D eigenvalue weighted by molar-refractivity contribution is 7.08. The van der Waals surface area contributed by atoms with E-state index in [1.165, 1.54) is 11.1 Å². The van der Waals surface area contributed by atoms with Crippen LogP contribution in [0.25, 0.3) is 0 Å². The quantitative estimate of drug-likeness (QED) is 0.705. The van der Waals surface area contributed by atoms with Gasteiger partial charge < -0.3 is 10.2 Å². The molecule has 0 atom stereocenters. The molecule has 4 nitrogen and oxygen atoms in total. The van der Waals surface area contributed by atoms with E-state index in [0.717, 1.165) is 55.6 Å². The fourth-order valence-corrected chi connectivity index (χ4v) is 4.52. The number of thiophene rings is 1. The van der Waals surface area contributed by atoms with E-state index in [1.54, 1.807) is 11.3 Å². The smallest absolute Gasteiger partial charge is 0.139 e. The maximum atomic E-state index is 5.05. The number of para-hydroxylation sites is 2. The second kappa shape index (κ2) is 7.18. The number of fused-ring (bicyclic) bond motifs is 2. The number of nitrogens with zero attached hydrogens (tertiary/aromatic N) is 3. The topological polar surface area (TPSA) is 30.9 Å². The molecule has 2 aliphatic rings. The lowest BCUT2D eigenvalue weighted by molar-refractivity contribution is 0.176. The molecule has 2 aromatic carbocycles. The van der Waals surface area contributed by atoms with E-state index in [1.807, 2.05) is 0 Å². The first-order valence-electron chi connectivity index (χ1n) is 9.39. The predicted octanol–water partition coefficient (Wildman–Crippen LogP) is 4.70. The van der Waals surface area contributed by atoms with Gasteiger partial charge in [-0.15, -0.1) is 11.3 Å². The fraction of sp³-hybridized carbons (Fsp3) is 0.227. The number of nitrogens with one attached hydrogen (secondary N) is 1. The molecule has 5 rings (SSSR count). The Balaban J connectivity index is 1.37. The summed E-state index contributed by atoms with van der Waals surface area (Å²) in [6.07, 6.45) is 0. The average molecular weight is 375 g/mol. The van der Waals surface area contributed by atoms with Crippen LogP contribution >= 0.6 is 11.3 Å². The van der Waals surface area contributed by atoms with Crippen LogP contribution in [0.15, 0.2) is 70.3 Å². The molecule has 1 N–H and O–H groups in total. The highest BCUT2D eigenvalue weighted by Crippen LogP contribution is 2.36. The Hall–Kier alpha value is -2.63. The molecule has 5 heteroatoms. The SMILES string of the molecule is c1ccc(CN2CCN(C3=Nc4ccccc4Nc4cscc43)CC2)cc1. The maximum Gasteiger partial charge on any atom is 0.139 e. The molecular weight excluding hydrogens is 352 g/mol. The number of benzene rings is 2. The van der Waals surface area contributed by atoms with E-state index in [2.05, 4.69) is 80.5 Å². The standard InChI is InChI=1S/C22H22N4S/c1-2-6-17(7-3-1)14-25-10-12-26(13-11-25)22-18-15-27-16-21(18)23-19-8-4-5-9-20(19)24-22/h1-9,15-16,23H,10-14H2. The molecule has 0 spiro atoms. The Labute approximate surface area is 163 Å². The molecule has 1 aromatic heterocycles. The van der Waals surface area contributed by atoms with Crippen LogP contribution in [-0.4, -0.2) is 41.8 Å². The van der Waals surface area contributed by atoms with Gasteiger partial charge >= 0.3 is 0 Å². The number of anilines is 2. The van der Waals surface area contributed by atoms with Crippen molar-refractivity contribution >= 4 is 34.2 Å². The van der Waals surface area contributed by atoms with Crippen LogP contribution in [0.2, 0.25) is 0 Å². The summed E-state index contributed by atoms with van der Waals surface area (Å²) in [4.78, 5) is 10.0. The zero-order valence-corrected chi connectivity index (χ0v) is 16.0. The maximum absolute atomic E-state index is 5.05. The number of hydrogen-bond donors (Lipinski definition) is 1. The minimum atomic E-state index is 1.00. The summed E-state index contributed by atoms with van der Waals surface area (Å²) in [5.74, 6) is 1.10. The van der Waals surface area contributed by atoms with Crippen LogP contribution in [0.1, 0.15) is 11.1 Å². The summed E-state index contributed by atoms with van der Waals surface area (Å²) in [6.45, 7) is 5.15. The van der Waals surface area contributed by atoms with Gasteiger partial charge in [0, 0.05) is 43.5 Å². The minimum Gasteiger partial charge on any atom is -0.353 e. The lowest BCUT2D eigenvalue weighted by Crippen LogP contribution is -2.48. The van der Waals surface area contributed by atoms with Gasteiger partial charge in [-0.25, -0.2) is 4.99 Å². The molecule has 136 valence electrons. The zero-order chi connectivity index (χ0) is 18.1. The molecule has 3 aromatic rings. The molecule has 0 bridgehead atoms. The molecule has 1 fully saturated rings. The van der Waals surface area contributed by atoms with Crippen LogP contribution in [0, 0.1) is 0 Å². The van der Waals surface area contributed by atoms with Gasteiger partial charge in [0.2, 0.25) is 0 Å². The third kappa shape index (κ3) is 3.36. The molecular formula is C22H22N4S. The van der Waals surface area contributed by atoms with Gasteiger partial charge in [-0.1, -0.05) is 42.5 Å². The van der Waals surface area contributed by atoms with Gasteiger partial charge in [-0.3, -0.25) is 4.90 Å². The van der Waals surface area contributed by atoms with E-state index >= 15 is 0 Å². The van der Waals surface area contributed by atoms with Crippen molar-refractivity contribution in [2.45, 2.75) is 6.54 Å². The molecule has 0 unspecified atom stereocenters. The van der Waals surface area contributed by atoms with Crippen molar-refractivity contribution in [2.75, 3.05) is 31.5 Å². The molecule has 0 radical (unpaired) electrons. The zero-order valence-electron chi connectivity index (χ0n) is 15.1. The van der Waals surface area contributed by atoms with Crippen LogP contribution in [0.5, 0.6) is 0 Å². The van der Waals surface area contributed by atoms with E-state index in [9.17, 15) is 0 Å². The molecule has 1 saturated heterocycles. The van der Waals surface area contributed by atoms with Gasteiger partial charge in [0.05, 0.1) is 22.6 Å². The van der Waals surface area contributed by atoms with E-state index in [-0.39, 0.29) is 0 Å². The first kappa shape index (κ1) is 16.5. The Morgan fingerprint density at radius 1 is 0.852 bits per heavy atom. The second-order valence-corrected chi connectivity index (χ2v) is 7.77. The highest BCUT2D eigenvalue weighted by Gasteiger charge is 2.25.